The number of β-amino-alcohol motifs (C(OH)–C–C–N with tert-alkyl or cyclic N) is 1. The Labute approximate surface area is 192 Å². The number of aryl methyl sites for hydroxylation is 1. The van der Waals surface area contributed by atoms with Gasteiger partial charge in [-0.1, -0.05) is 6.07 Å². The van der Waals surface area contributed by atoms with Gasteiger partial charge in [-0.25, -0.2) is 13.4 Å². The van der Waals surface area contributed by atoms with Gasteiger partial charge in [0.2, 0.25) is 5.91 Å². The second-order valence-electron chi connectivity index (χ2n) is 9.13. The van der Waals surface area contributed by atoms with Crippen molar-refractivity contribution >= 4 is 15.7 Å². The maximum atomic E-state index is 13.2. The number of nitrogens with zero attached hydrogens (tertiary/aromatic N) is 7. The fourth-order valence-corrected chi connectivity index (χ4v) is 6.41. The molecule has 1 spiro atoms. The number of carbonyl (C=O) groups excluding carboxylic acids is 1. The highest BCUT2D eigenvalue weighted by Gasteiger charge is 2.49. The van der Waals surface area contributed by atoms with Gasteiger partial charge < -0.3 is 14.9 Å². The number of rotatable bonds is 5. The van der Waals surface area contributed by atoms with Gasteiger partial charge in [-0.2, -0.15) is 4.68 Å². The summed E-state index contributed by atoms with van der Waals surface area (Å²) in [4.78, 5) is 21.6. The van der Waals surface area contributed by atoms with E-state index in [1.807, 2.05) is 13.0 Å². The SMILES string of the molecule is Cc1nc(-n2cnnn2)ccc1C(O)CN1CCC2(CC1)CCN(C1=CS(=O)(=O)CC1)C2=O. The van der Waals surface area contributed by atoms with E-state index in [1.54, 1.807) is 11.0 Å². The molecular formula is C21H27N7O4S. The quantitative estimate of drug-likeness (QED) is 0.653. The molecule has 1 atom stereocenters. The maximum Gasteiger partial charge on any atom is 0.233 e. The Kier molecular flexibility index (Phi) is 5.53. The van der Waals surface area contributed by atoms with Gasteiger partial charge in [0.1, 0.15) is 6.33 Å². The van der Waals surface area contributed by atoms with Crippen molar-refractivity contribution in [3.05, 3.63) is 40.8 Å². The van der Waals surface area contributed by atoms with Crippen LogP contribution in [0.4, 0.5) is 0 Å². The number of carbonyl (C=O) groups is 1. The Hall–Kier alpha value is -2.70. The molecule has 1 unspecified atom stereocenters. The number of aliphatic hydroxyl groups excluding tert-OH is 1. The van der Waals surface area contributed by atoms with Crippen LogP contribution in [0.2, 0.25) is 0 Å². The van der Waals surface area contributed by atoms with Crippen LogP contribution in [-0.4, -0.2) is 86.4 Å². The smallest absolute Gasteiger partial charge is 0.233 e. The van der Waals surface area contributed by atoms with Gasteiger partial charge in [-0.05, 0) is 55.8 Å². The highest BCUT2D eigenvalue weighted by Crippen LogP contribution is 2.44. The monoisotopic (exact) mass is 473 g/mol. The van der Waals surface area contributed by atoms with Crippen molar-refractivity contribution in [1.82, 2.24) is 35.0 Å². The van der Waals surface area contributed by atoms with Crippen molar-refractivity contribution < 1.29 is 18.3 Å². The van der Waals surface area contributed by atoms with E-state index >= 15 is 0 Å². The number of pyridine rings is 1. The molecule has 33 heavy (non-hydrogen) atoms. The Balaban J connectivity index is 1.20. The fraction of sp³-hybridized carbons (Fsp3) is 0.571. The van der Waals surface area contributed by atoms with Crippen molar-refractivity contribution in [2.45, 2.75) is 38.7 Å². The van der Waals surface area contributed by atoms with Crippen LogP contribution in [-0.2, 0) is 14.6 Å². The van der Waals surface area contributed by atoms with E-state index in [4.69, 9.17) is 0 Å². The molecule has 0 radical (unpaired) electrons. The third-order valence-corrected chi connectivity index (χ3v) is 8.52. The molecule has 2 aromatic rings. The predicted octanol–water partition coefficient (Wildman–Crippen LogP) is 0.374. The lowest BCUT2D eigenvalue weighted by Crippen LogP contribution is -2.45. The molecule has 12 heteroatoms. The van der Waals surface area contributed by atoms with Crippen molar-refractivity contribution in [2.24, 2.45) is 5.41 Å². The molecule has 1 N–H and O–H groups in total. The first-order chi connectivity index (χ1) is 15.8. The number of hydrogen-bond acceptors (Lipinski definition) is 9. The van der Waals surface area contributed by atoms with Gasteiger partial charge in [-0.3, -0.25) is 4.79 Å². The summed E-state index contributed by atoms with van der Waals surface area (Å²) in [5.41, 5.74) is 1.69. The number of aromatic nitrogens is 5. The standard InChI is InChI=1S/C21H27N7O4S/c1-15-17(2-3-19(23-15)28-14-22-24-25-28)18(29)12-26-8-5-21(6-9-26)7-10-27(20(21)30)16-4-11-33(31,32)13-16/h2-3,13-14,18,29H,4-12H2,1H3. The lowest BCUT2D eigenvalue weighted by molar-refractivity contribution is -0.137. The molecule has 1 amide bonds. The summed E-state index contributed by atoms with van der Waals surface area (Å²) in [5.74, 6) is 0.738. The van der Waals surface area contributed by atoms with Crippen molar-refractivity contribution in [1.29, 1.82) is 0 Å². The van der Waals surface area contributed by atoms with Crippen LogP contribution in [0.3, 0.4) is 0 Å². The van der Waals surface area contributed by atoms with Crippen molar-refractivity contribution in [3.8, 4) is 5.82 Å². The third-order valence-electron chi connectivity index (χ3n) is 7.12. The van der Waals surface area contributed by atoms with Crippen molar-refractivity contribution in [3.63, 3.8) is 0 Å². The lowest BCUT2D eigenvalue weighted by atomic mass is 9.77. The highest BCUT2D eigenvalue weighted by molar-refractivity contribution is 7.94. The summed E-state index contributed by atoms with van der Waals surface area (Å²) < 4.78 is 25.0. The van der Waals surface area contributed by atoms with Gasteiger partial charge in [0.25, 0.3) is 0 Å². The number of hydrogen-bond donors (Lipinski definition) is 1. The van der Waals surface area contributed by atoms with Crippen molar-refractivity contribution in [2.75, 3.05) is 31.9 Å². The summed E-state index contributed by atoms with van der Waals surface area (Å²) in [6.07, 6.45) is 3.37. The number of amides is 1. The van der Waals surface area contributed by atoms with Crippen LogP contribution in [0.15, 0.2) is 29.6 Å². The van der Waals surface area contributed by atoms with Crippen LogP contribution < -0.4 is 0 Å². The molecule has 3 aliphatic rings. The van der Waals surface area contributed by atoms with Crippen LogP contribution in [0.5, 0.6) is 0 Å². The van der Waals surface area contributed by atoms with Crippen LogP contribution in [0.1, 0.15) is 43.0 Å². The van der Waals surface area contributed by atoms with Gasteiger partial charge in [0, 0.05) is 36.5 Å². The molecule has 2 fully saturated rings. The zero-order valence-corrected chi connectivity index (χ0v) is 19.3. The minimum atomic E-state index is -3.17. The molecule has 5 heterocycles. The molecule has 176 valence electrons. The molecular weight excluding hydrogens is 446 g/mol. The number of likely N-dealkylation sites (tertiary alicyclic amines) is 2. The van der Waals surface area contributed by atoms with E-state index in [0.29, 0.717) is 62.7 Å². The minimum absolute atomic E-state index is 0.0595. The van der Waals surface area contributed by atoms with E-state index in [9.17, 15) is 18.3 Å². The molecule has 5 rings (SSSR count). The fourth-order valence-electron chi connectivity index (χ4n) is 5.14. The van der Waals surface area contributed by atoms with Gasteiger partial charge in [-0.15, -0.1) is 5.10 Å². The van der Waals surface area contributed by atoms with E-state index in [0.717, 1.165) is 12.0 Å². The van der Waals surface area contributed by atoms with E-state index in [1.165, 1.54) is 16.4 Å². The second-order valence-corrected chi connectivity index (χ2v) is 11.1. The summed E-state index contributed by atoms with van der Waals surface area (Å²) in [5, 5.41) is 23.2. The van der Waals surface area contributed by atoms with E-state index in [2.05, 4.69) is 25.4 Å². The number of allylic oxidation sites excluding steroid dienone is 1. The normalized spacial score (nSPS) is 23.3. The zero-order chi connectivity index (χ0) is 23.2. The van der Waals surface area contributed by atoms with Gasteiger partial charge in [0.05, 0.1) is 22.7 Å². The average Bonchev–Trinajstić information content (AvgIpc) is 3.51. The molecule has 0 aromatic carbocycles. The van der Waals surface area contributed by atoms with E-state index < -0.39 is 21.4 Å². The van der Waals surface area contributed by atoms with Crippen LogP contribution in [0, 0.1) is 12.3 Å². The van der Waals surface area contributed by atoms with Gasteiger partial charge >= 0.3 is 0 Å². The second kappa shape index (κ2) is 8.26. The summed E-state index contributed by atoms with van der Waals surface area (Å²) >= 11 is 0. The highest BCUT2D eigenvalue weighted by atomic mass is 32.2. The molecule has 0 bridgehead atoms. The predicted molar refractivity (Wildman–Crippen MR) is 118 cm³/mol. The summed E-state index contributed by atoms with van der Waals surface area (Å²) in [6.45, 7) is 4.32. The maximum absolute atomic E-state index is 13.2. The largest absolute Gasteiger partial charge is 0.387 e. The number of tetrazole rings is 1. The van der Waals surface area contributed by atoms with E-state index in [-0.39, 0.29) is 11.7 Å². The average molecular weight is 474 g/mol. The molecule has 2 aromatic heterocycles. The Morgan fingerprint density at radius 1 is 1.18 bits per heavy atom. The van der Waals surface area contributed by atoms with Crippen LogP contribution in [0.25, 0.3) is 5.82 Å². The molecule has 2 saturated heterocycles. The minimum Gasteiger partial charge on any atom is -0.387 e. The first-order valence-electron chi connectivity index (χ1n) is 11.1. The molecule has 3 aliphatic heterocycles. The third kappa shape index (κ3) is 4.18. The Bertz CT molecular complexity index is 1190. The Morgan fingerprint density at radius 2 is 1.94 bits per heavy atom. The Morgan fingerprint density at radius 3 is 2.58 bits per heavy atom. The molecule has 0 aliphatic carbocycles. The summed E-state index contributed by atoms with van der Waals surface area (Å²) in [6, 6.07) is 3.62. The first kappa shape index (κ1) is 22.1. The number of aliphatic hydroxyl groups is 1. The molecule has 0 saturated carbocycles. The number of piperidine rings is 1. The summed E-state index contributed by atoms with van der Waals surface area (Å²) in [7, 11) is -3.17. The molecule has 11 nitrogen and oxygen atoms in total. The zero-order valence-electron chi connectivity index (χ0n) is 18.5. The number of sulfone groups is 1. The topological polar surface area (TPSA) is 134 Å². The van der Waals surface area contributed by atoms with Crippen LogP contribution >= 0.6 is 0 Å². The van der Waals surface area contributed by atoms with Gasteiger partial charge in [0.15, 0.2) is 15.7 Å². The first-order valence-corrected chi connectivity index (χ1v) is 12.8. The lowest BCUT2D eigenvalue weighted by Gasteiger charge is -2.38.